The van der Waals surface area contributed by atoms with Crippen molar-refractivity contribution in [3.8, 4) is 0 Å². The second kappa shape index (κ2) is 12.4. The van der Waals surface area contributed by atoms with Crippen LogP contribution in [0.1, 0.15) is 89.2 Å². The third-order valence-electron chi connectivity index (χ3n) is 6.61. The van der Waals surface area contributed by atoms with Crippen molar-refractivity contribution in [2.24, 2.45) is 10.3 Å². The number of hydrogen-bond donors (Lipinski definition) is 0. The van der Waals surface area contributed by atoms with Crippen LogP contribution >= 0.6 is 15.9 Å². The fourth-order valence-corrected chi connectivity index (χ4v) is 5.15. The maximum atomic E-state index is 5.82. The molecule has 2 aliphatic rings. The highest BCUT2D eigenvalue weighted by molar-refractivity contribution is 9.10. The molecule has 2 aromatic rings. The van der Waals surface area contributed by atoms with Crippen LogP contribution in [0.3, 0.4) is 0 Å². The van der Waals surface area contributed by atoms with Crippen LogP contribution in [0.25, 0.3) is 0 Å². The summed E-state index contributed by atoms with van der Waals surface area (Å²) in [5.74, 6) is 0. The molecule has 2 aromatic carbocycles. The van der Waals surface area contributed by atoms with Gasteiger partial charge in [0.2, 0.25) is 0 Å². The van der Waals surface area contributed by atoms with E-state index in [0.29, 0.717) is 0 Å². The first-order valence-electron chi connectivity index (χ1n) is 12.6. The van der Waals surface area contributed by atoms with Crippen molar-refractivity contribution in [2.75, 3.05) is 5.01 Å². The van der Waals surface area contributed by atoms with E-state index in [1.807, 2.05) is 6.07 Å². The van der Waals surface area contributed by atoms with Crippen molar-refractivity contribution < 1.29 is 4.84 Å². The van der Waals surface area contributed by atoms with E-state index in [2.05, 4.69) is 81.5 Å². The maximum absolute atomic E-state index is 5.82. The molecule has 0 saturated heterocycles. The summed E-state index contributed by atoms with van der Waals surface area (Å²) in [5, 5.41) is 11.6. The normalized spacial score (nSPS) is 20.0. The van der Waals surface area contributed by atoms with Gasteiger partial charge in [-0.15, -0.1) is 0 Å². The zero-order valence-electron chi connectivity index (χ0n) is 19.8. The molecule has 4 rings (SSSR count). The number of anilines is 1. The molecule has 4 nitrogen and oxygen atoms in total. The van der Waals surface area contributed by atoms with Crippen LogP contribution in [0.2, 0.25) is 0 Å². The summed E-state index contributed by atoms with van der Waals surface area (Å²) in [7, 11) is 0. The lowest BCUT2D eigenvalue weighted by atomic mass is 9.97. The Kier molecular flexibility index (Phi) is 8.99. The fourth-order valence-electron chi connectivity index (χ4n) is 4.74. The van der Waals surface area contributed by atoms with Crippen molar-refractivity contribution >= 4 is 33.0 Å². The number of nitrogens with zero attached hydrogens (tertiary/aromatic N) is 3. The molecule has 0 N–H and O–H groups in total. The molecule has 0 aromatic heterocycles. The SMILES string of the molecule is CCCCCCCCCCC1CC(C2=NN(c3ccccc3)C(c3cccc(Br)c3)C2)=NO1. The molecule has 0 spiro atoms. The summed E-state index contributed by atoms with van der Waals surface area (Å²) in [4.78, 5) is 5.82. The highest BCUT2D eigenvalue weighted by Gasteiger charge is 2.34. The molecule has 5 heteroatoms. The van der Waals surface area contributed by atoms with Crippen molar-refractivity contribution in [2.45, 2.75) is 89.7 Å². The van der Waals surface area contributed by atoms with Crippen molar-refractivity contribution in [3.05, 3.63) is 64.6 Å². The van der Waals surface area contributed by atoms with E-state index in [1.165, 1.54) is 56.9 Å². The molecular weight excluding hydrogens is 474 g/mol. The van der Waals surface area contributed by atoms with Crippen LogP contribution in [0, 0.1) is 0 Å². The van der Waals surface area contributed by atoms with E-state index in [1.54, 1.807) is 0 Å². The molecule has 0 amide bonds. The van der Waals surface area contributed by atoms with E-state index >= 15 is 0 Å². The predicted molar refractivity (Wildman–Crippen MR) is 142 cm³/mol. The quantitative estimate of drug-likeness (QED) is 0.269. The Morgan fingerprint density at radius 2 is 1.64 bits per heavy atom. The average Bonchev–Trinajstić information content (AvgIpc) is 3.49. The minimum absolute atomic E-state index is 0.161. The Hall–Kier alpha value is -2.14. The van der Waals surface area contributed by atoms with Gasteiger partial charge in [0, 0.05) is 17.3 Å². The zero-order valence-corrected chi connectivity index (χ0v) is 21.3. The van der Waals surface area contributed by atoms with Crippen LogP contribution in [0.5, 0.6) is 0 Å². The van der Waals surface area contributed by atoms with Crippen LogP contribution in [-0.2, 0) is 4.84 Å². The second-order valence-electron chi connectivity index (χ2n) is 9.23. The van der Waals surface area contributed by atoms with Gasteiger partial charge >= 0.3 is 0 Å². The van der Waals surface area contributed by atoms with E-state index in [-0.39, 0.29) is 12.1 Å². The first kappa shape index (κ1) is 24.0. The van der Waals surface area contributed by atoms with Gasteiger partial charge in [0.05, 0.1) is 17.4 Å². The maximum Gasteiger partial charge on any atom is 0.133 e. The van der Waals surface area contributed by atoms with E-state index < -0.39 is 0 Å². The number of rotatable bonds is 12. The summed E-state index contributed by atoms with van der Waals surface area (Å²) in [6, 6.07) is 19.1. The van der Waals surface area contributed by atoms with Crippen LogP contribution in [-0.4, -0.2) is 17.5 Å². The molecule has 0 aliphatic carbocycles. The first-order valence-corrected chi connectivity index (χ1v) is 13.4. The molecule has 0 radical (unpaired) electrons. The van der Waals surface area contributed by atoms with Gasteiger partial charge in [-0.05, 0) is 42.7 Å². The van der Waals surface area contributed by atoms with Gasteiger partial charge in [-0.2, -0.15) is 5.10 Å². The smallest absolute Gasteiger partial charge is 0.133 e. The number of halogens is 1. The number of unbranched alkanes of at least 4 members (excludes halogenated alkanes) is 7. The van der Waals surface area contributed by atoms with E-state index in [4.69, 9.17) is 9.94 Å². The minimum Gasteiger partial charge on any atom is -0.392 e. The molecular formula is C28H36BrN3O. The van der Waals surface area contributed by atoms with Crippen molar-refractivity contribution in [3.63, 3.8) is 0 Å². The van der Waals surface area contributed by atoms with E-state index in [9.17, 15) is 0 Å². The molecule has 0 bridgehead atoms. The molecule has 0 saturated carbocycles. The van der Waals surface area contributed by atoms with Gasteiger partial charge in [-0.1, -0.05) is 103 Å². The molecule has 2 aliphatic heterocycles. The van der Waals surface area contributed by atoms with E-state index in [0.717, 1.165) is 40.8 Å². The highest BCUT2D eigenvalue weighted by Crippen LogP contribution is 2.37. The number of benzene rings is 2. The fraction of sp³-hybridized carbons (Fsp3) is 0.500. The van der Waals surface area contributed by atoms with Crippen molar-refractivity contribution in [1.82, 2.24) is 0 Å². The number of hydrazone groups is 1. The lowest BCUT2D eigenvalue weighted by Crippen LogP contribution is -2.18. The Labute approximate surface area is 207 Å². The summed E-state index contributed by atoms with van der Waals surface area (Å²) in [5.41, 5.74) is 4.44. The van der Waals surface area contributed by atoms with Gasteiger partial charge in [-0.3, -0.25) is 5.01 Å². The number of hydrogen-bond acceptors (Lipinski definition) is 4. The lowest BCUT2D eigenvalue weighted by molar-refractivity contribution is 0.0770. The van der Waals surface area contributed by atoms with Gasteiger partial charge in [-0.25, -0.2) is 0 Å². The van der Waals surface area contributed by atoms with Gasteiger partial charge in [0.1, 0.15) is 11.8 Å². The molecule has 176 valence electrons. The Morgan fingerprint density at radius 1 is 0.879 bits per heavy atom. The standard InChI is InChI=1S/C28H36BrN3O/c1-2-3-4-5-6-7-8-12-18-25-20-27(31-33-25)26-21-28(22-14-13-15-23(29)19-22)32(30-26)24-16-10-9-11-17-24/h9-11,13-17,19,25,28H,2-8,12,18,20-21H2,1H3. The monoisotopic (exact) mass is 509 g/mol. The highest BCUT2D eigenvalue weighted by atomic mass is 79.9. The Morgan fingerprint density at radius 3 is 2.39 bits per heavy atom. The van der Waals surface area contributed by atoms with Gasteiger partial charge in [0.25, 0.3) is 0 Å². The summed E-state index contributed by atoms with van der Waals surface area (Å²) < 4.78 is 1.09. The Bertz CT molecular complexity index is 943. The number of para-hydroxylation sites is 1. The third-order valence-corrected chi connectivity index (χ3v) is 7.10. The van der Waals surface area contributed by atoms with Crippen LogP contribution < -0.4 is 5.01 Å². The lowest BCUT2D eigenvalue weighted by Gasteiger charge is -2.24. The van der Waals surface area contributed by atoms with Crippen LogP contribution in [0.15, 0.2) is 69.3 Å². The van der Waals surface area contributed by atoms with Gasteiger partial charge in [0.15, 0.2) is 0 Å². The second-order valence-corrected chi connectivity index (χ2v) is 10.2. The molecule has 2 unspecified atom stereocenters. The third kappa shape index (κ3) is 6.69. The zero-order chi connectivity index (χ0) is 22.9. The largest absolute Gasteiger partial charge is 0.392 e. The predicted octanol–water partition coefficient (Wildman–Crippen LogP) is 8.43. The molecule has 2 heterocycles. The summed E-state index contributed by atoms with van der Waals surface area (Å²) in [6.45, 7) is 2.27. The summed E-state index contributed by atoms with van der Waals surface area (Å²) in [6.07, 6.45) is 13.7. The van der Waals surface area contributed by atoms with Gasteiger partial charge < -0.3 is 4.84 Å². The van der Waals surface area contributed by atoms with Crippen LogP contribution in [0.4, 0.5) is 5.69 Å². The first-order chi connectivity index (χ1) is 16.2. The number of oxime groups is 1. The molecule has 2 atom stereocenters. The van der Waals surface area contributed by atoms with Crippen molar-refractivity contribution in [1.29, 1.82) is 0 Å². The minimum atomic E-state index is 0.161. The molecule has 0 fully saturated rings. The Balaban J connectivity index is 1.32. The topological polar surface area (TPSA) is 37.2 Å². The summed E-state index contributed by atoms with van der Waals surface area (Å²) >= 11 is 3.63. The molecule has 33 heavy (non-hydrogen) atoms. The average molecular weight is 511 g/mol.